The first-order chi connectivity index (χ1) is 14.7. The number of aliphatic carboxylic acids is 1. The Balaban J connectivity index is 2.01. The van der Waals surface area contributed by atoms with E-state index in [-0.39, 0.29) is 13.0 Å². The Labute approximate surface area is 183 Å². The summed E-state index contributed by atoms with van der Waals surface area (Å²) in [5.74, 6) is -2.12. The molecule has 0 aliphatic carbocycles. The Morgan fingerprint density at radius 1 is 1.16 bits per heavy atom. The molecule has 3 rings (SSSR count). The van der Waals surface area contributed by atoms with Gasteiger partial charge in [-0.1, -0.05) is 18.2 Å². The number of anilines is 1. The van der Waals surface area contributed by atoms with Crippen LogP contribution in [-0.4, -0.2) is 53.3 Å². The summed E-state index contributed by atoms with van der Waals surface area (Å²) < 4.78 is 0. The molecule has 2 heterocycles. The van der Waals surface area contributed by atoms with Crippen molar-refractivity contribution in [3.8, 4) is 10.4 Å². The van der Waals surface area contributed by atoms with E-state index in [0.717, 1.165) is 26.5 Å². The number of carbonyl (C=O) groups is 4. The minimum absolute atomic E-state index is 0.124. The third-order valence-electron chi connectivity index (χ3n) is 4.96. The molecule has 31 heavy (non-hydrogen) atoms. The van der Waals surface area contributed by atoms with E-state index in [1.54, 1.807) is 6.07 Å². The van der Waals surface area contributed by atoms with Crippen LogP contribution >= 0.6 is 11.3 Å². The third kappa shape index (κ3) is 4.66. The zero-order chi connectivity index (χ0) is 22.7. The van der Waals surface area contributed by atoms with E-state index in [0.29, 0.717) is 5.00 Å². The van der Waals surface area contributed by atoms with Gasteiger partial charge in [0.15, 0.2) is 11.8 Å². The van der Waals surface area contributed by atoms with Crippen LogP contribution in [0.15, 0.2) is 42.6 Å². The lowest BCUT2D eigenvalue weighted by atomic mass is 10.0. The second-order valence-corrected chi connectivity index (χ2v) is 8.28. The summed E-state index contributed by atoms with van der Waals surface area (Å²) in [6, 6.07) is 7.44. The van der Waals surface area contributed by atoms with Crippen LogP contribution in [0.1, 0.15) is 17.5 Å². The monoisotopic (exact) mass is 441 g/mol. The quantitative estimate of drug-likeness (QED) is 0.671. The molecule has 1 aromatic carbocycles. The highest BCUT2D eigenvalue weighted by molar-refractivity contribution is 7.19. The zero-order valence-corrected chi connectivity index (χ0v) is 18.2. The SMILES string of the molecule is Cc1cccc(C)c1-c1ccc(N(C(=O)NCCC(=O)O)[C@H]2C(=O)C=CN(C)C2=O)s1. The first-order valence-electron chi connectivity index (χ1n) is 9.64. The van der Waals surface area contributed by atoms with Gasteiger partial charge in [-0.2, -0.15) is 0 Å². The van der Waals surface area contributed by atoms with E-state index in [1.165, 1.54) is 35.6 Å². The number of carbonyl (C=O) groups excluding carboxylic acids is 3. The van der Waals surface area contributed by atoms with Gasteiger partial charge in [0.25, 0.3) is 5.91 Å². The minimum Gasteiger partial charge on any atom is -0.481 e. The summed E-state index contributed by atoms with van der Waals surface area (Å²) >= 11 is 1.29. The van der Waals surface area contributed by atoms with Crippen LogP contribution in [0, 0.1) is 13.8 Å². The lowest BCUT2D eigenvalue weighted by molar-refractivity contribution is -0.137. The van der Waals surface area contributed by atoms with Gasteiger partial charge in [-0.05, 0) is 42.7 Å². The van der Waals surface area contributed by atoms with Gasteiger partial charge in [-0.25, -0.2) is 4.79 Å². The molecule has 0 radical (unpaired) electrons. The van der Waals surface area contributed by atoms with Crippen molar-refractivity contribution in [3.05, 3.63) is 53.7 Å². The number of carboxylic acid groups (broad SMARTS) is 1. The van der Waals surface area contributed by atoms with E-state index >= 15 is 0 Å². The molecular formula is C22H23N3O5S. The Morgan fingerprint density at radius 3 is 2.48 bits per heavy atom. The normalized spacial score (nSPS) is 15.8. The van der Waals surface area contributed by atoms with Gasteiger partial charge < -0.3 is 15.3 Å². The van der Waals surface area contributed by atoms with Gasteiger partial charge in [0.05, 0.1) is 6.42 Å². The predicted octanol–water partition coefficient (Wildman–Crippen LogP) is 2.95. The number of urea groups is 1. The second kappa shape index (κ2) is 9.13. The summed E-state index contributed by atoms with van der Waals surface area (Å²) in [6.07, 6.45) is 2.34. The van der Waals surface area contributed by atoms with E-state index in [1.807, 2.05) is 38.1 Å². The number of benzene rings is 1. The summed E-state index contributed by atoms with van der Waals surface area (Å²) in [4.78, 5) is 52.4. The smallest absolute Gasteiger partial charge is 0.323 e. The molecule has 2 N–H and O–H groups in total. The number of nitrogens with one attached hydrogen (secondary N) is 1. The van der Waals surface area contributed by atoms with Crippen molar-refractivity contribution in [2.75, 3.05) is 18.5 Å². The number of ketones is 1. The Morgan fingerprint density at radius 2 is 1.84 bits per heavy atom. The molecule has 9 heteroatoms. The number of likely N-dealkylation sites (N-methyl/N-ethyl adjacent to an activating group) is 1. The van der Waals surface area contributed by atoms with Gasteiger partial charge in [0.2, 0.25) is 0 Å². The minimum atomic E-state index is -1.36. The predicted molar refractivity (Wildman–Crippen MR) is 118 cm³/mol. The first-order valence-corrected chi connectivity index (χ1v) is 10.5. The van der Waals surface area contributed by atoms with Gasteiger partial charge in [0.1, 0.15) is 5.00 Å². The molecule has 1 atom stereocenters. The van der Waals surface area contributed by atoms with Gasteiger partial charge in [-0.15, -0.1) is 11.3 Å². The average Bonchev–Trinajstić information content (AvgIpc) is 3.16. The van der Waals surface area contributed by atoms with Crippen molar-refractivity contribution in [3.63, 3.8) is 0 Å². The fourth-order valence-corrected chi connectivity index (χ4v) is 4.61. The number of hydrogen-bond acceptors (Lipinski definition) is 5. The molecule has 3 amide bonds. The molecule has 162 valence electrons. The molecular weight excluding hydrogens is 418 g/mol. The number of carboxylic acids is 1. The van der Waals surface area contributed by atoms with E-state index in [4.69, 9.17) is 5.11 Å². The summed E-state index contributed by atoms with van der Waals surface area (Å²) in [6.45, 7) is 3.86. The molecule has 0 saturated carbocycles. The number of aryl methyl sites for hydroxylation is 2. The first kappa shape index (κ1) is 22.2. The van der Waals surface area contributed by atoms with Crippen molar-refractivity contribution in [2.45, 2.75) is 26.3 Å². The Hall–Kier alpha value is -3.46. The van der Waals surface area contributed by atoms with E-state index < -0.39 is 29.7 Å². The molecule has 0 spiro atoms. The number of hydrogen-bond donors (Lipinski definition) is 2. The number of thiophene rings is 1. The van der Waals surface area contributed by atoms with Crippen molar-refractivity contribution in [1.29, 1.82) is 0 Å². The maximum atomic E-state index is 13.0. The van der Waals surface area contributed by atoms with Crippen molar-refractivity contribution in [1.82, 2.24) is 10.2 Å². The van der Waals surface area contributed by atoms with Crippen LogP contribution in [-0.2, 0) is 14.4 Å². The number of rotatable bonds is 6. The third-order valence-corrected chi connectivity index (χ3v) is 6.06. The average molecular weight is 442 g/mol. The van der Waals surface area contributed by atoms with Crippen LogP contribution in [0.2, 0.25) is 0 Å². The topological polar surface area (TPSA) is 107 Å². The molecule has 0 unspecified atom stereocenters. The Bertz CT molecular complexity index is 1050. The van der Waals surface area contributed by atoms with Crippen LogP contribution in [0.25, 0.3) is 10.4 Å². The van der Waals surface area contributed by atoms with E-state index in [2.05, 4.69) is 5.32 Å². The zero-order valence-electron chi connectivity index (χ0n) is 17.4. The lowest BCUT2D eigenvalue weighted by Crippen LogP contribution is -2.57. The van der Waals surface area contributed by atoms with Crippen LogP contribution in [0.3, 0.4) is 0 Å². The maximum Gasteiger partial charge on any atom is 0.323 e. The summed E-state index contributed by atoms with van der Waals surface area (Å²) in [7, 11) is 1.51. The molecule has 8 nitrogen and oxygen atoms in total. The highest BCUT2D eigenvalue weighted by atomic mass is 32.1. The van der Waals surface area contributed by atoms with E-state index in [9.17, 15) is 19.2 Å². The highest BCUT2D eigenvalue weighted by Gasteiger charge is 2.40. The molecule has 2 aromatic rings. The summed E-state index contributed by atoms with van der Waals surface area (Å²) in [5.41, 5.74) is 3.17. The number of nitrogens with zero attached hydrogens (tertiary/aromatic N) is 2. The lowest BCUT2D eigenvalue weighted by Gasteiger charge is -2.32. The highest BCUT2D eigenvalue weighted by Crippen LogP contribution is 2.38. The molecule has 1 aliphatic heterocycles. The molecule has 0 fully saturated rings. The van der Waals surface area contributed by atoms with Gasteiger partial charge in [0, 0.05) is 30.7 Å². The van der Waals surface area contributed by atoms with Crippen LogP contribution in [0.4, 0.5) is 9.80 Å². The van der Waals surface area contributed by atoms with Crippen molar-refractivity contribution in [2.24, 2.45) is 0 Å². The summed E-state index contributed by atoms with van der Waals surface area (Å²) in [5, 5.41) is 11.8. The van der Waals surface area contributed by atoms with Crippen LogP contribution in [0.5, 0.6) is 0 Å². The standard InChI is InChI=1S/C22H23N3O5S/c1-13-5-4-6-14(2)19(13)16-7-8-17(31-16)25(22(30)23-11-9-18(27)28)20-15(26)10-12-24(3)21(20)29/h4-8,10,12,20H,9,11H2,1-3H3,(H,23,30)(H,27,28)/t20-/m0/s1. The molecule has 0 bridgehead atoms. The number of amides is 3. The molecule has 1 aromatic heterocycles. The van der Waals surface area contributed by atoms with Crippen LogP contribution < -0.4 is 10.2 Å². The van der Waals surface area contributed by atoms with Gasteiger partial charge >= 0.3 is 12.0 Å². The fourth-order valence-electron chi connectivity index (χ4n) is 3.40. The molecule has 1 aliphatic rings. The fraction of sp³-hybridized carbons (Fsp3) is 0.273. The van der Waals surface area contributed by atoms with Crippen molar-refractivity contribution < 1.29 is 24.3 Å². The Kier molecular flexibility index (Phi) is 6.55. The largest absolute Gasteiger partial charge is 0.481 e. The van der Waals surface area contributed by atoms with Gasteiger partial charge in [-0.3, -0.25) is 19.3 Å². The second-order valence-electron chi connectivity index (χ2n) is 7.22. The molecule has 0 saturated heterocycles. The maximum absolute atomic E-state index is 13.0. The van der Waals surface area contributed by atoms with Crippen molar-refractivity contribution >= 4 is 40.0 Å².